The van der Waals surface area contributed by atoms with Gasteiger partial charge in [0.15, 0.2) is 5.78 Å². The average Bonchev–Trinajstić information content (AvgIpc) is 2.47. The molecule has 2 aromatic rings. The molecule has 0 aliphatic carbocycles. The molecule has 60 valence electrons. The minimum absolute atomic E-state index is 0.0347. The molecule has 0 N–H and O–H groups in total. The molecule has 0 aliphatic heterocycles. The number of aromatic nitrogens is 1. The summed E-state index contributed by atoms with van der Waals surface area (Å²) in [6.45, 7) is 1.54. The normalized spacial score (nSPS) is 10.4. The van der Waals surface area contributed by atoms with Crippen molar-refractivity contribution >= 4 is 27.4 Å². The molecule has 12 heavy (non-hydrogen) atoms. The maximum atomic E-state index is 11.1. The maximum absolute atomic E-state index is 11.1. The van der Waals surface area contributed by atoms with Crippen molar-refractivity contribution < 1.29 is 4.79 Å². The van der Waals surface area contributed by atoms with Crippen LogP contribution in [0.5, 0.6) is 0 Å². The largest absolute Gasteiger partial charge is 0.293 e. The van der Waals surface area contributed by atoms with Crippen LogP contribution >= 0.6 is 11.5 Å². The monoisotopic (exact) mass is 177 g/mol. The van der Waals surface area contributed by atoms with E-state index in [1.165, 1.54) is 11.5 Å². The van der Waals surface area contributed by atoms with Crippen LogP contribution in [0.2, 0.25) is 0 Å². The van der Waals surface area contributed by atoms with Crippen LogP contribution < -0.4 is 0 Å². The lowest BCUT2D eigenvalue weighted by atomic mass is 10.2. The SMILES string of the molecule is CC(=O)c1nsc2ccccc12. The summed E-state index contributed by atoms with van der Waals surface area (Å²) in [6.07, 6.45) is 0. The molecule has 2 rings (SSSR count). The van der Waals surface area contributed by atoms with Gasteiger partial charge in [0, 0.05) is 12.3 Å². The number of benzene rings is 1. The number of nitrogens with zero attached hydrogens (tertiary/aromatic N) is 1. The molecule has 2 nitrogen and oxygen atoms in total. The first-order valence-electron chi connectivity index (χ1n) is 3.64. The average molecular weight is 177 g/mol. The predicted molar refractivity (Wildman–Crippen MR) is 49.6 cm³/mol. The first-order valence-corrected chi connectivity index (χ1v) is 4.42. The van der Waals surface area contributed by atoms with Gasteiger partial charge in [0.1, 0.15) is 5.69 Å². The number of carbonyl (C=O) groups excluding carboxylic acids is 1. The Morgan fingerprint density at radius 3 is 2.92 bits per heavy atom. The standard InChI is InChI=1S/C9H7NOS/c1-6(11)9-7-4-2-3-5-8(7)12-10-9/h2-5H,1H3. The van der Waals surface area contributed by atoms with Gasteiger partial charge in [-0.3, -0.25) is 4.79 Å². The Hall–Kier alpha value is -1.22. The van der Waals surface area contributed by atoms with Crippen molar-refractivity contribution in [3.8, 4) is 0 Å². The van der Waals surface area contributed by atoms with Crippen molar-refractivity contribution in [2.45, 2.75) is 6.92 Å². The summed E-state index contributed by atoms with van der Waals surface area (Å²) >= 11 is 1.37. The van der Waals surface area contributed by atoms with E-state index >= 15 is 0 Å². The van der Waals surface area contributed by atoms with E-state index in [1.807, 2.05) is 24.3 Å². The number of carbonyl (C=O) groups is 1. The summed E-state index contributed by atoms with van der Waals surface area (Å²) in [4.78, 5) is 11.1. The van der Waals surface area contributed by atoms with Crippen LogP contribution in [0.4, 0.5) is 0 Å². The number of Topliss-reactive ketones (excluding diaryl/α,β-unsaturated/α-hetero) is 1. The molecule has 1 heterocycles. The minimum Gasteiger partial charge on any atom is -0.293 e. The molecule has 0 spiro atoms. The summed E-state index contributed by atoms with van der Waals surface area (Å²) in [5, 5.41) is 0.968. The first kappa shape index (κ1) is 7.43. The van der Waals surface area contributed by atoms with E-state index < -0.39 is 0 Å². The van der Waals surface area contributed by atoms with Gasteiger partial charge in [-0.1, -0.05) is 18.2 Å². The van der Waals surface area contributed by atoms with Crippen molar-refractivity contribution in [3.05, 3.63) is 30.0 Å². The zero-order valence-corrected chi connectivity index (χ0v) is 7.39. The van der Waals surface area contributed by atoms with Crippen molar-refractivity contribution in [3.63, 3.8) is 0 Å². The molecule has 0 atom stereocenters. The Morgan fingerprint density at radius 2 is 2.17 bits per heavy atom. The minimum atomic E-state index is 0.0347. The lowest BCUT2D eigenvalue weighted by molar-refractivity contribution is 0.101. The van der Waals surface area contributed by atoms with Crippen molar-refractivity contribution in [2.75, 3.05) is 0 Å². The van der Waals surface area contributed by atoms with Gasteiger partial charge in [-0.15, -0.1) is 0 Å². The van der Waals surface area contributed by atoms with Gasteiger partial charge in [0.25, 0.3) is 0 Å². The molecule has 0 radical (unpaired) electrons. The molecular formula is C9H7NOS. The molecular weight excluding hydrogens is 170 g/mol. The maximum Gasteiger partial charge on any atom is 0.179 e. The topological polar surface area (TPSA) is 30.0 Å². The lowest BCUT2D eigenvalue weighted by Crippen LogP contribution is -1.91. The molecule has 0 amide bonds. The van der Waals surface area contributed by atoms with Gasteiger partial charge in [0.05, 0.1) is 4.70 Å². The summed E-state index contributed by atoms with van der Waals surface area (Å²) in [5.74, 6) is 0.0347. The molecule has 0 aliphatic rings. The van der Waals surface area contributed by atoms with Crippen LogP contribution in [-0.4, -0.2) is 10.2 Å². The van der Waals surface area contributed by atoms with E-state index in [2.05, 4.69) is 4.37 Å². The molecule has 1 aromatic heterocycles. The zero-order valence-electron chi connectivity index (χ0n) is 6.57. The fourth-order valence-electron chi connectivity index (χ4n) is 1.14. The highest BCUT2D eigenvalue weighted by molar-refractivity contribution is 7.13. The van der Waals surface area contributed by atoms with E-state index in [-0.39, 0.29) is 5.78 Å². The van der Waals surface area contributed by atoms with E-state index in [1.54, 1.807) is 6.92 Å². The summed E-state index contributed by atoms with van der Waals surface area (Å²) < 4.78 is 5.16. The second kappa shape index (κ2) is 2.68. The second-order valence-corrected chi connectivity index (χ2v) is 3.39. The zero-order chi connectivity index (χ0) is 8.55. The number of rotatable bonds is 1. The molecule has 3 heteroatoms. The van der Waals surface area contributed by atoms with Crippen LogP contribution in [0, 0.1) is 0 Å². The van der Waals surface area contributed by atoms with Crippen LogP contribution in [-0.2, 0) is 0 Å². The molecule has 0 fully saturated rings. The van der Waals surface area contributed by atoms with Crippen molar-refractivity contribution in [1.29, 1.82) is 0 Å². The van der Waals surface area contributed by atoms with E-state index in [0.29, 0.717) is 5.69 Å². The quantitative estimate of drug-likeness (QED) is 0.626. The highest BCUT2D eigenvalue weighted by Crippen LogP contribution is 2.21. The Bertz CT molecular complexity index is 433. The highest BCUT2D eigenvalue weighted by atomic mass is 32.1. The van der Waals surface area contributed by atoms with Gasteiger partial charge < -0.3 is 0 Å². The molecule has 0 bridgehead atoms. The third-order valence-corrected chi connectivity index (χ3v) is 2.54. The second-order valence-electron chi connectivity index (χ2n) is 2.58. The Morgan fingerprint density at radius 1 is 1.42 bits per heavy atom. The predicted octanol–water partition coefficient (Wildman–Crippen LogP) is 2.50. The fourth-order valence-corrected chi connectivity index (χ4v) is 1.96. The van der Waals surface area contributed by atoms with Gasteiger partial charge >= 0.3 is 0 Å². The highest BCUT2D eigenvalue weighted by Gasteiger charge is 2.08. The van der Waals surface area contributed by atoms with Crippen LogP contribution in [0.1, 0.15) is 17.4 Å². The van der Waals surface area contributed by atoms with Crippen LogP contribution in [0.15, 0.2) is 24.3 Å². The number of fused-ring (bicyclic) bond motifs is 1. The summed E-state index contributed by atoms with van der Waals surface area (Å²) in [5.41, 5.74) is 0.593. The molecule has 0 unspecified atom stereocenters. The molecule has 0 saturated heterocycles. The number of hydrogen-bond donors (Lipinski definition) is 0. The summed E-state index contributed by atoms with van der Waals surface area (Å²) in [7, 11) is 0. The molecule has 1 aromatic carbocycles. The van der Waals surface area contributed by atoms with Gasteiger partial charge in [-0.25, -0.2) is 0 Å². The van der Waals surface area contributed by atoms with Crippen LogP contribution in [0.3, 0.4) is 0 Å². The number of hydrogen-bond acceptors (Lipinski definition) is 3. The van der Waals surface area contributed by atoms with Crippen LogP contribution in [0.25, 0.3) is 10.1 Å². The Labute approximate surface area is 74.0 Å². The van der Waals surface area contributed by atoms with E-state index in [4.69, 9.17) is 0 Å². The fraction of sp³-hybridized carbons (Fsp3) is 0.111. The van der Waals surface area contributed by atoms with E-state index in [9.17, 15) is 4.79 Å². The smallest absolute Gasteiger partial charge is 0.179 e. The van der Waals surface area contributed by atoms with Crippen molar-refractivity contribution in [2.24, 2.45) is 0 Å². The molecule has 0 saturated carbocycles. The third-order valence-electron chi connectivity index (χ3n) is 1.71. The Balaban J connectivity index is 2.79. The lowest BCUT2D eigenvalue weighted by Gasteiger charge is -1.88. The Kier molecular flexibility index (Phi) is 1.66. The van der Waals surface area contributed by atoms with Gasteiger partial charge in [0.2, 0.25) is 0 Å². The van der Waals surface area contributed by atoms with Crippen molar-refractivity contribution in [1.82, 2.24) is 4.37 Å². The van der Waals surface area contributed by atoms with Gasteiger partial charge in [-0.05, 0) is 17.6 Å². The summed E-state index contributed by atoms with van der Waals surface area (Å²) in [6, 6.07) is 7.77. The van der Waals surface area contributed by atoms with Gasteiger partial charge in [-0.2, -0.15) is 4.37 Å². The van der Waals surface area contributed by atoms with E-state index in [0.717, 1.165) is 10.1 Å². The third kappa shape index (κ3) is 1.02. The first-order chi connectivity index (χ1) is 5.79. The number of ketones is 1.